The van der Waals surface area contributed by atoms with Crippen LogP contribution < -0.4 is 5.73 Å². The number of nitrogens with zero attached hydrogens (tertiary/aromatic N) is 1. The summed E-state index contributed by atoms with van der Waals surface area (Å²) < 4.78 is 4.73. The fourth-order valence-electron chi connectivity index (χ4n) is 6.76. The molecule has 0 bridgehead atoms. The summed E-state index contributed by atoms with van der Waals surface area (Å²) in [4.78, 5) is 52.7. The Morgan fingerprint density at radius 1 is 1.12 bits per heavy atom. The van der Waals surface area contributed by atoms with Crippen LogP contribution in [0.4, 0.5) is 0 Å². The monoisotopic (exact) mass is 576 g/mol. The van der Waals surface area contributed by atoms with Crippen LogP contribution in [0.3, 0.4) is 0 Å². The maximum Gasteiger partial charge on any atom is 0.305 e. The van der Waals surface area contributed by atoms with Crippen molar-refractivity contribution in [3.63, 3.8) is 0 Å². The number of ether oxygens (including phenoxy) is 1. The topological polar surface area (TPSA) is 188 Å². The van der Waals surface area contributed by atoms with E-state index in [1.807, 2.05) is 24.3 Å². The lowest BCUT2D eigenvalue weighted by Crippen LogP contribution is -2.63. The lowest BCUT2D eigenvalue weighted by Gasteiger charge is -2.50. The van der Waals surface area contributed by atoms with Crippen LogP contribution in [-0.2, 0) is 32.0 Å². The molecule has 5 rings (SSSR count). The number of allylic oxidation sites excluding steroid dienone is 1. The Balaban J connectivity index is 1.64. The minimum atomic E-state index is -2.69. The highest BCUT2D eigenvalue weighted by Gasteiger charge is 2.63. The van der Waals surface area contributed by atoms with E-state index in [1.54, 1.807) is 20.2 Å². The van der Waals surface area contributed by atoms with Gasteiger partial charge in [-0.2, -0.15) is 0 Å². The molecule has 0 aliphatic heterocycles. The number of carbonyl (C=O) groups excluding carboxylic acids is 4. The van der Waals surface area contributed by atoms with Gasteiger partial charge >= 0.3 is 5.97 Å². The van der Waals surface area contributed by atoms with Gasteiger partial charge in [-0.05, 0) is 67.6 Å². The summed E-state index contributed by atoms with van der Waals surface area (Å²) >= 11 is 0. The molecule has 6 N–H and O–H groups in total. The van der Waals surface area contributed by atoms with Crippen LogP contribution in [0, 0.1) is 11.8 Å². The number of phenolic OH excluding ortho intramolecular Hbond substituents is 1. The lowest BCUT2D eigenvalue weighted by molar-refractivity contribution is -0.148. The maximum atomic E-state index is 13.9. The first-order chi connectivity index (χ1) is 19.8. The number of hydrogen-bond acceptors (Lipinski definition) is 10. The van der Waals surface area contributed by atoms with E-state index in [0.717, 1.165) is 11.1 Å². The third-order valence-electron chi connectivity index (χ3n) is 8.69. The molecule has 2 aromatic carbocycles. The second kappa shape index (κ2) is 10.4. The Hall–Kier alpha value is -4.48. The zero-order valence-corrected chi connectivity index (χ0v) is 23.4. The Morgan fingerprint density at radius 3 is 2.48 bits per heavy atom. The molecule has 42 heavy (non-hydrogen) atoms. The predicted molar refractivity (Wildman–Crippen MR) is 149 cm³/mol. The van der Waals surface area contributed by atoms with E-state index in [4.69, 9.17) is 10.5 Å². The average molecular weight is 577 g/mol. The molecule has 1 amide bonds. The lowest BCUT2D eigenvalue weighted by atomic mass is 9.58. The van der Waals surface area contributed by atoms with Gasteiger partial charge in [0, 0.05) is 17.9 Å². The predicted octanol–water partition coefficient (Wildman–Crippen LogP) is 1.89. The molecule has 11 nitrogen and oxygen atoms in total. The smallest absolute Gasteiger partial charge is 0.305 e. The van der Waals surface area contributed by atoms with Crippen LogP contribution in [0.5, 0.6) is 5.75 Å². The number of nitrogens with two attached hydrogens (primary N) is 1. The van der Waals surface area contributed by atoms with Crippen molar-refractivity contribution >= 4 is 23.4 Å². The van der Waals surface area contributed by atoms with Gasteiger partial charge in [0.2, 0.25) is 5.78 Å². The number of amides is 1. The van der Waals surface area contributed by atoms with Crippen molar-refractivity contribution in [1.29, 1.82) is 0 Å². The second-order valence-electron chi connectivity index (χ2n) is 11.2. The van der Waals surface area contributed by atoms with E-state index in [1.165, 1.54) is 18.1 Å². The van der Waals surface area contributed by atoms with E-state index in [0.29, 0.717) is 17.5 Å². The standard InChI is InChI=1S/C31H32N2O9/c1-33(2)25-19-13-16-12-18-17(15-6-4-5-14(11-15)7-10-21(35)42-3)8-9-20(34)23(18)26(36)22(16)28(38)31(19,41)29(39)24(27(25)37)30(32)40/h4-6,8-9,11,16,19,25,34,37-38,41H,7,10,12-13H2,1-3H3,(H2,32,40)/t16-,19+,25+,31+/m0/s1. The molecule has 0 saturated heterocycles. The van der Waals surface area contributed by atoms with Crippen molar-refractivity contribution in [3.8, 4) is 16.9 Å². The molecular weight excluding hydrogens is 544 g/mol. The number of aromatic hydroxyl groups is 1. The van der Waals surface area contributed by atoms with Crippen molar-refractivity contribution in [2.24, 2.45) is 17.6 Å². The van der Waals surface area contributed by atoms with Crippen molar-refractivity contribution in [2.75, 3.05) is 21.2 Å². The molecule has 0 radical (unpaired) electrons. The van der Waals surface area contributed by atoms with Crippen LogP contribution in [0.15, 0.2) is 59.1 Å². The molecule has 0 heterocycles. The molecule has 0 spiro atoms. The van der Waals surface area contributed by atoms with E-state index >= 15 is 0 Å². The summed E-state index contributed by atoms with van der Waals surface area (Å²) in [5, 5.41) is 44.9. The number of fused-ring (bicyclic) bond motifs is 3. The molecule has 0 fully saturated rings. The fraction of sp³-hybridized carbons (Fsp3) is 0.355. The highest BCUT2D eigenvalue weighted by Crippen LogP contribution is 2.53. The van der Waals surface area contributed by atoms with Crippen LogP contribution in [0.2, 0.25) is 0 Å². The highest BCUT2D eigenvalue weighted by atomic mass is 16.5. The van der Waals surface area contributed by atoms with Gasteiger partial charge in [-0.15, -0.1) is 0 Å². The Bertz CT molecular complexity index is 1610. The highest BCUT2D eigenvalue weighted by molar-refractivity contribution is 6.24. The minimum absolute atomic E-state index is 0.0000269. The van der Waals surface area contributed by atoms with E-state index in [2.05, 4.69) is 0 Å². The summed E-state index contributed by atoms with van der Waals surface area (Å²) in [6.45, 7) is 0. The molecule has 220 valence electrons. The number of aliphatic hydroxyl groups excluding tert-OH is 2. The van der Waals surface area contributed by atoms with Crippen molar-refractivity contribution in [2.45, 2.75) is 37.3 Å². The number of likely N-dealkylation sites (N-methyl/N-ethyl adjacent to an activating group) is 1. The SMILES string of the molecule is COC(=O)CCc1cccc(-c2ccc(O)c3c2C[C@H]2C[C@@H]4[C@@H](N(C)C)C(O)=C(C(N)=O)C(=O)[C@]4(O)C(O)=C2C3=O)c1. The second-order valence-corrected chi connectivity index (χ2v) is 11.2. The number of ketones is 2. The number of esters is 1. The number of methoxy groups -OCH3 is 1. The Morgan fingerprint density at radius 2 is 1.83 bits per heavy atom. The number of rotatable bonds is 6. The van der Waals surface area contributed by atoms with Crippen LogP contribution in [0.1, 0.15) is 34.3 Å². The zero-order valence-electron chi connectivity index (χ0n) is 23.4. The van der Waals surface area contributed by atoms with Crippen LogP contribution in [-0.4, -0.2) is 81.6 Å². The molecule has 3 aliphatic carbocycles. The molecule has 2 aromatic rings. The number of benzene rings is 2. The summed E-state index contributed by atoms with van der Waals surface area (Å²) in [5.41, 5.74) is 4.37. The quantitative estimate of drug-likeness (QED) is 0.251. The average Bonchev–Trinajstić information content (AvgIpc) is 2.93. The summed E-state index contributed by atoms with van der Waals surface area (Å²) in [6.07, 6.45) is 0.800. The van der Waals surface area contributed by atoms with Gasteiger partial charge < -0.3 is 30.9 Å². The van der Waals surface area contributed by atoms with Crippen molar-refractivity contribution < 1.29 is 44.3 Å². The maximum absolute atomic E-state index is 13.9. The third-order valence-corrected chi connectivity index (χ3v) is 8.69. The summed E-state index contributed by atoms with van der Waals surface area (Å²) in [5.74, 6) is -7.28. The Kier molecular flexibility index (Phi) is 7.20. The number of phenols is 1. The van der Waals surface area contributed by atoms with E-state index in [-0.39, 0.29) is 42.1 Å². The number of carbonyl (C=O) groups is 4. The first kappa shape index (κ1) is 29.0. The fourth-order valence-corrected chi connectivity index (χ4v) is 6.76. The van der Waals surface area contributed by atoms with E-state index in [9.17, 15) is 39.6 Å². The van der Waals surface area contributed by atoms with Crippen LogP contribution in [0.25, 0.3) is 11.1 Å². The molecular formula is C31H32N2O9. The van der Waals surface area contributed by atoms with Gasteiger partial charge in [-0.3, -0.25) is 24.1 Å². The molecule has 11 heteroatoms. The minimum Gasteiger partial charge on any atom is -0.510 e. The largest absolute Gasteiger partial charge is 0.510 e. The number of hydrogen-bond donors (Lipinski definition) is 5. The number of Topliss-reactive ketones (excluding diaryl/α,β-unsaturated/α-hetero) is 2. The molecule has 0 unspecified atom stereocenters. The van der Waals surface area contributed by atoms with Gasteiger partial charge in [-0.1, -0.05) is 30.3 Å². The van der Waals surface area contributed by atoms with Gasteiger partial charge in [0.1, 0.15) is 22.8 Å². The molecule has 0 saturated carbocycles. The number of primary amides is 1. The molecule has 3 aliphatic rings. The van der Waals surface area contributed by atoms with Gasteiger partial charge in [0.05, 0.1) is 18.7 Å². The zero-order chi connectivity index (χ0) is 30.7. The van der Waals surface area contributed by atoms with Gasteiger partial charge in [0.25, 0.3) is 5.91 Å². The molecule has 0 aromatic heterocycles. The molecule has 4 atom stereocenters. The third kappa shape index (κ3) is 4.27. The Labute approximate surface area is 241 Å². The van der Waals surface area contributed by atoms with Crippen molar-refractivity contribution in [3.05, 3.63) is 75.8 Å². The number of aliphatic hydroxyl groups is 3. The van der Waals surface area contributed by atoms with Gasteiger partial charge in [0.15, 0.2) is 11.4 Å². The first-order valence-corrected chi connectivity index (χ1v) is 13.5. The van der Waals surface area contributed by atoms with Gasteiger partial charge in [-0.25, -0.2) is 0 Å². The summed E-state index contributed by atoms with van der Waals surface area (Å²) in [6, 6.07) is 9.42. The first-order valence-electron chi connectivity index (χ1n) is 13.5. The normalized spacial score (nSPS) is 25.2. The van der Waals surface area contributed by atoms with Crippen LogP contribution >= 0.6 is 0 Å². The summed E-state index contributed by atoms with van der Waals surface area (Å²) in [7, 11) is 4.48. The van der Waals surface area contributed by atoms with E-state index < -0.39 is 58.0 Å². The number of aryl methyl sites for hydroxylation is 1. The van der Waals surface area contributed by atoms with Crippen molar-refractivity contribution in [1.82, 2.24) is 4.90 Å².